The average molecular weight is 458 g/mol. The van der Waals surface area contributed by atoms with E-state index < -0.39 is 0 Å². The molecule has 7 nitrogen and oxygen atoms in total. The topological polar surface area (TPSA) is 62.3 Å². The van der Waals surface area contributed by atoms with Crippen LogP contribution < -0.4 is 14.4 Å². The molecule has 2 saturated heterocycles. The van der Waals surface area contributed by atoms with Gasteiger partial charge >= 0.3 is 0 Å². The van der Waals surface area contributed by atoms with Crippen LogP contribution in [0, 0.1) is 0 Å². The first kappa shape index (κ1) is 22.4. The highest BCUT2D eigenvalue weighted by Gasteiger charge is 2.42. The number of hydrogen-bond donors (Lipinski definition) is 0. The van der Waals surface area contributed by atoms with Crippen molar-refractivity contribution < 1.29 is 19.1 Å². The van der Waals surface area contributed by atoms with E-state index in [1.54, 1.807) is 14.2 Å². The zero-order valence-electron chi connectivity index (χ0n) is 18.4. The summed E-state index contributed by atoms with van der Waals surface area (Å²) in [6, 6.07) is 13.1. The molecule has 2 fully saturated rings. The molecule has 2 amide bonds. The highest BCUT2D eigenvalue weighted by atomic mass is 35.5. The summed E-state index contributed by atoms with van der Waals surface area (Å²) in [4.78, 5) is 31.5. The number of rotatable bonds is 7. The summed E-state index contributed by atoms with van der Waals surface area (Å²) < 4.78 is 10.6. The second-order valence-corrected chi connectivity index (χ2v) is 8.48. The summed E-state index contributed by atoms with van der Waals surface area (Å²) in [6.07, 6.45) is 0.828. The van der Waals surface area contributed by atoms with Crippen molar-refractivity contribution in [3.63, 3.8) is 0 Å². The number of hydrogen-bond acceptors (Lipinski definition) is 6. The Bertz CT molecular complexity index is 991. The fourth-order valence-electron chi connectivity index (χ4n) is 4.43. The van der Waals surface area contributed by atoms with Crippen LogP contribution in [0.4, 0.5) is 5.69 Å². The maximum Gasteiger partial charge on any atom is 0.247 e. The van der Waals surface area contributed by atoms with E-state index in [2.05, 4.69) is 9.80 Å². The third-order valence-corrected chi connectivity index (χ3v) is 6.46. The van der Waals surface area contributed by atoms with Gasteiger partial charge in [-0.2, -0.15) is 0 Å². The molecule has 2 aliphatic heterocycles. The van der Waals surface area contributed by atoms with Crippen molar-refractivity contribution in [1.82, 2.24) is 9.80 Å². The molecule has 1 atom stereocenters. The quantitative estimate of drug-likeness (QED) is 0.596. The van der Waals surface area contributed by atoms with Gasteiger partial charge in [-0.25, -0.2) is 0 Å². The van der Waals surface area contributed by atoms with E-state index in [-0.39, 0.29) is 24.3 Å². The Balaban J connectivity index is 1.34. The van der Waals surface area contributed by atoms with Gasteiger partial charge in [-0.1, -0.05) is 23.7 Å². The third kappa shape index (κ3) is 4.69. The first-order chi connectivity index (χ1) is 15.5. The Morgan fingerprint density at radius 1 is 0.969 bits per heavy atom. The first-order valence-corrected chi connectivity index (χ1v) is 11.2. The number of likely N-dealkylation sites (tertiary alicyclic amines) is 1. The molecule has 0 unspecified atom stereocenters. The first-order valence-electron chi connectivity index (χ1n) is 10.8. The van der Waals surface area contributed by atoms with E-state index in [1.165, 1.54) is 4.90 Å². The normalized spacial score (nSPS) is 19.5. The molecular formula is C24H28ClN3O4. The van der Waals surface area contributed by atoms with Crippen molar-refractivity contribution in [3.8, 4) is 11.5 Å². The average Bonchev–Trinajstić information content (AvgIpc) is 3.10. The van der Waals surface area contributed by atoms with Gasteiger partial charge in [0.1, 0.15) is 0 Å². The number of ether oxygens (including phenoxy) is 2. The Hall–Kier alpha value is -2.77. The van der Waals surface area contributed by atoms with Gasteiger partial charge in [-0.3, -0.25) is 19.4 Å². The minimum atomic E-state index is -0.366. The number of anilines is 1. The highest BCUT2D eigenvalue weighted by molar-refractivity contribution is 6.30. The van der Waals surface area contributed by atoms with Crippen LogP contribution in [0.3, 0.4) is 0 Å². The number of carbonyl (C=O) groups is 2. The van der Waals surface area contributed by atoms with Gasteiger partial charge in [0.2, 0.25) is 11.8 Å². The van der Waals surface area contributed by atoms with Crippen molar-refractivity contribution in [3.05, 3.63) is 53.1 Å². The van der Waals surface area contributed by atoms with E-state index in [0.717, 1.165) is 37.4 Å². The van der Waals surface area contributed by atoms with Crippen LogP contribution in [-0.2, 0) is 16.0 Å². The molecule has 0 bridgehead atoms. The molecule has 2 heterocycles. The zero-order chi connectivity index (χ0) is 22.7. The predicted molar refractivity (Wildman–Crippen MR) is 124 cm³/mol. The molecule has 4 rings (SSSR count). The fourth-order valence-corrected chi connectivity index (χ4v) is 4.61. The number of carbonyl (C=O) groups excluding carboxylic acids is 2. The van der Waals surface area contributed by atoms with E-state index in [1.807, 2.05) is 42.5 Å². The molecule has 2 aromatic carbocycles. The maximum atomic E-state index is 13.0. The van der Waals surface area contributed by atoms with Crippen molar-refractivity contribution in [2.75, 3.05) is 51.8 Å². The number of benzene rings is 2. The van der Waals surface area contributed by atoms with Gasteiger partial charge in [-0.15, -0.1) is 0 Å². The second-order valence-electron chi connectivity index (χ2n) is 8.05. The van der Waals surface area contributed by atoms with Gasteiger partial charge in [0, 0.05) is 43.4 Å². The molecule has 0 saturated carbocycles. The molecule has 32 heavy (non-hydrogen) atoms. The summed E-state index contributed by atoms with van der Waals surface area (Å²) in [5.41, 5.74) is 2.07. The Morgan fingerprint density at radius 3 is 2.41 bits per heavy atom. The lowest BCUT2D eigenvalue weighted by molar-refractivity contribution is -0.139. The van der Waals surface area contributed by atoms with Gasteiger partial charge < -0.3 is 14.4 Å². The predicted octanol–water partition coefficient (Wildman–Crippen LogP) is 2.85. The van der Waals surface area contributed by atoms with Gasteiger partial charge in [0.15, 0.2) is 11.5 Å². The smallest absolute Gasteiger partial charge is 0.247 e. The molecule has 8 heteroatoms. The van der Waals surface area contributed by atoms with E-state index in [0.29, 0.717) is 29.5 Å². The maximum absolute atomic E-state index is 13.0. The molecule has 2 aliphatic rings. The Labute approximate surface area is 193 Å². The van der Waals surface area contributed by atoms with Crippen LogP contribution in [0.15, 0.2) is 42.5 Å². The molecule has 0 radical (unpaired) electrons. The number of halogens is 1. The lowest BCUT2D eigenvalue weighted by Gasteiger charge is -2.38. The fraction of sp³-hybridized carbons (Fsp3) is 0.417. The molecule has 0 aromatic heterocycles. The van der Waals surface area contributed by atoms with Crippen molar-refractivity contribution in [2.45, 2.75) is 18.9 Å². The number of amides is 2. The molecule has 2 aromatic rings. The molecule has 0 N–H and O–H groups in total. The summed E-state index contributed by atoms with van der Waals surface area (Å²) in [6.45, 7) is 3.43. The van der Waals surface area contributed by atoms with E-state index >= 15 is 0 Å². The number of nitrogens with zero attached hydrogens (tertiary/aromatic N) is 3. The molecular weight excluding hydrogens is 430 g/mol. The number of methoxy groups -OCH3 is 2. The van der Waals surface area contributed by atoms with Crippen molar-refractivity contribution in [1.29, 1.82) is 0 Å². The Kier molecular flexibility index (Phi) is 6.86. The lowest BCUT2D eigenvalue weighted by atomic mass is 10.1. The summed E-state index contributed by atoms with van der Waals surface area (Å²) in [5, 5.41) is 0.714. The van der Waals surface area contributed by atoms with Crippen LogP contribution in [0.25, 0.3) is 0 Å². The van der Waals surface area contributed by atoms with Crippen LogP contribution in [0.2, 0.25) is 5.02 Å². The summed E-state index contributed by atoms with van der Waals surface area (Å²) in [7, 11) is 3.18. The largest absolute Gasteiger partial charge is 0.493 e. The van der Waals surface area contributed by atoms with E-state index in [9.17, 15) is 9.59 Å². The minimum Gasteiger partial charge on any atom is -0.493 e. The van der Waals surface area contributed by atoms with E-state index in [4.69, 9.17) is 21.1 Å². The lowest BCUT2D eigenvalue weighted by Crippen LogP contribution is -2.52. The molecule has 0 spiro atoms. The highest BCUT2D eigenvalue weighted by Crippen LogP contribution is 2.28. The van der Waals surface area contributed by atoms with Gasteiger partial charge in [0.25, 0.3) is 0 Å². The van der Waals surface area contributed by atoms with Crippen LogP contribution in [0.5, 0.6) is 11.5 Å². The number of piperazine rings is 1. The molecule has 170 valence electrons. The second kappa shape index (κ2) is 9.79. The SMILES string of the molecule is COc1ccc(CCN2C(=O)C[C@H](N3CCN(c4cccc(Cl)c4)CC3)C2=O)cc1OC. The summed E-state index contributed by atoms with van der Waals surface area (Å²) >= 11 is 6.12. The van der Waals surface area contributed by atoms with Gasteiger partial charge in [-0.05, 0) is 42.3 Å². The standard InChI is InChI=1S/C24H28ClN3O4/c1-31-21-7-6-17(14-22(21)32-2)8-9-28-23(29)16-20(24(28)30)27-12-10-26(11-13-27)19-5-3-4-18(25)15-19/h3-7,14-15,20H,8-13,16H2,1-2H3/t20-/m0/s1. The number of imide groups is 1. The van der Waals surface area contributed by atoms with Crippen LogP contribution >= 0.6 is 11.6 Å². The van der Waals surface area contributed by atoms with Crippen LogP contribution in [0.1, 0.15) is 12.0 Å². The summed E-state index contributed by atoms with van der Waals surface area (Å²) in [5.74, 6) is 1.10. The zero-order valence-corrected chi connectivity index (χ0v) is 19.2. The van der Waals surface area contributed by atoms with Gasteiger partial charge in [0.05, 0.1) is 26.7 Å². The van der Waals surface area contributed by atoms with Crippen molar-refractivity contribution in [2.24, 2.45) is 0 Å². The molecule has 0 aliphatic carbocycles. The minimum absolute atomic E-state index is 0.0910. The Morgan fingerprint density at radius 2 is 1.72 bits per heavy atom. The van der Waals surface area contributed by atoms with Crippen LogP contribution in [-0.4, -0.2) is 74.6 Å². The monoisotopic (exact) mass is 457 g/mol. The third-order valence-electron chi connectivity index (χ3n) is 6.22. The van der Waals surface area contributed by atoms with Crippen molar-refractivity contribution >= 4 is 29.1 Å².